The number of nitrogens with two attached hydrogens (primary N) is 1. The summed E-state index contributed by atoms with van der Waals surface area (Å²) in [6.07, 6.45) is 1.58. The number of benzene rings is 1. The van der Waals surface area contributed by atoms with E-state index in [9.17, 15) is 4.39 Å². The Bertz CT molecular complexity index is 411. The number of hydrogen-bond acceptors (Lipinski definition) is 2. The van der Waals surface area contributed by atoms with E-state index in [1.54, 1.807) is 36.5 Å². The Morgan fingerprint density at radius 3 is 2.43 bits per heavy atom. The smallest absolute Gasteiger partial charge is 0.131 e. The van der Waals surface area contributed by atoms with Crippen LogP contribution in [0.3, 0.4) is 0 Å². The van der Waals surface area contributed by atoms with Gasteiger partial charge in [0.2, 0.25) is 0 Å². The van der Waals surface area contributed by atoms with E-state index in [0.717, 1.165) is 0 Å². The van der Waals surface area contributed by atoms with Crippen molar-refractivity contribution in [3.8, 4) is 11.1 Å². The Morgan fingerprint density at radius 2 is 1.71 bits per heavy atom. The molecule has 0 aliphatic carbocycles. The first-order valence-electron chi connectivity index (χ1n) is 4.24. The van der Waals surface area contributed by atoms with Crippen LogP contribution < -0.4 is 5.73 Å². The van der Waals surface area contributed by atoms with Crippen molar-refractivity contribution in [2.45, 2.75) is 0 Å². The van der Waals surface area contributed by atoms with Gasteiger partial charge in [-0.25, -0.2) is 9.37 Å². The lowest BCUT2D eigenvalue weighted by atomic mass is 10.1. The van der Waals surface area contributed by atoms with Gasteiger partial charge in [0.1, 0.15) is 11.6 Å². The van der Waals surface area contributed by atoms with Gasteiger partial charge >= 0.3 is 0 Å². The highest BCUT2D eigenvalue weighted by atomic mass is 19.1. The molecule has 3 heteroatoms. The Morgan fingerprint density at radius 1 is 1.00 bits per heavy atom. The number of aromatic nitrogens is 1. The number of hydrogen-bond donors (Lipinski definition) is 1. The van der Waals surface area contributed by atoms with E-state index in [2.05, 4.69) is 4.98 Å². The predicted octanol–water partition coefficient (Wildman–Crippen LogP) is 2.47. The van der Waals surface area contributed by atoms with Gasteiger partial charge in [-0.05, 0) is 18.2 Å². The van der Waals surface area contributed by atoms with Gasteiger partial charge in [0.05, 0.1) is 0 Å². The Hall–Kier alpha value is -1.90. The van der Waals surface area contributed by atoms with Crippen molar-refractivity contribution in [3.05, 3.63) is 48.4 Å². The number of pyridine rings is 1. The minimum Gasteiger partial charge on any atom is -0.383 e. The Balaban J connectivity index is 2.61. The molecule has 2 rings (SSSR count). The molecule has 0 bridgehead atoms. The lowest BCUT2D eigenvalue weighted by Crippen LogP contribution is -1.94. The molecular formula is C11H9FN2. The number of rotatable bonds is 1. The van der Waals surface area contributed by atoms with Crippen LogP contribution in [0.25, 0.3) is 11.1 Å². The maximum Gasteiger partial charge on any atom is 0.131 e. The molecule has 1 aromatic carbocycles. The molecule has 0 saturated carbocycles. The second kappa shape index (κ2) is 3.46. The van der Waals surface area contributed by atoms with Crippen LogP contribution in [0.15, 0.2) is 42.6 Å². The fourth-order valence-electron chi connectivity index (χ4n) is 1.32. The molecule has 0 aliphatic rings. The van der Waals surface area contributed by atoms with E-state index in [1.807, 2.05) is 0 Å². The van der Waals surface area contributed by atoms with E-state index in [1.165, 1.54) is 6.07 Å². The van der Waals surface area contributed by atoms with Crippen LogP contribution in [-0.2, 0) is 0 Å². The van der Waals surface area contributed by atoms with Crippen LogP contribution >= 0.6 is 0 Å². The van der Waals surface area contributed by atoms with Gasteiger partial charge in [-0.3, -0.25) is 0 Å². The summed E-state index contributed by atoms with van der Waals surface area (Å²) < 4.78 is 13.4. The van der Waals surface area contributed by atoms with Crippen molar-refractivity contribution >= 4 is 5.82 Å². The molecule has 0 radical (unpaired) electrons. The van der Waals surface area contributed by atoms with Gasteiger partial charge in [-0.1, -0.05) is 18.2 Å². The molecule has 0 spiro atoms. The molecule has 2 N–H and O–H groups in total. The number of anilines is 1. The van der Waals surface area contributed by atoms with E-state index < -0.39 is 0 Å². The lowest BCUT2D eigenvalue weighted by Gasteiger charge is -2.04. The van der Waals surface area contributed by atoms with E-state index in [4.69, 9.17) is 5.73 Å². The third-order valence-electron chi connectivity index (χ3n) is 2.00. The molecule has 1 heterocycles. The van der Waals surface area contributed by atoms with Crippen molar-refractivity contribution in [1.29, 1.82) is 0 Å². The zero-order valence-corrected chi connectivity index (χ0v) is 7.44. The molecule has 0 unspecified atom stereocenters. The molecule has 14 heavy (non-hydrogen) atoms. The van der Waals surface area contributed by atoms with Crippen LogP contribution in [0.2, 0.25) is 0 Å². The summed E-state index contributed by atoms with van der Waals surface area (Å²) in [5.74, 6) is 0.0600. The van der Waals surface area contributed by atoms with Crippen molar-refractivity contribution in [2.75, 3.05) is 5.73 Å². The van der Waals surface area contributed by atoms with Crippen molar-refractivity contribution in [1.82, 2.24) is 4.98 Å². The SMILES string of the molecule is Nc1ncccc1-c1ccccc1F. The minimum absolute atomic E-state index is 0.285. The van der Waals surface area contributed by atoms with Crippen LogP contribution in [0, 0.1) is 5.82 Å². The van der Waals surface area contributed by atoms with Gasteiger partial charge in [0.15, 0.2) is 0 Å². The zero-order chi connectivity index (χ0) is 9.97. The van der Waals surface area contributed by atoms with E-state index >= 15 is 0 Å². The summed E-state index contributed by atoms with van der Waals surface area (Å²) in [5.41, 5.74) is 6.76. The van der Waals surface area contributed by atoms with Gasteiger partial charge in [-0.15, -0.1) is 0 Å². The third-order valence-corrected chi connectivity index (χ3v) is 2.00. The molecule has 0 saturated heterocycles. The molecule has 70 valence electrons. The third kappa shape index (κ3) is 1.44. The largest absolute Gasteiger partial charge is 0.383 e. The van der Waals surface area contributed by atoms with Crippen LogP contribution in [-0.4, -0.2) is 4.98 Å². The van der Waals surface area contributed by atoms with E-state index in [0.29, 0.717) is 16.9 Å². The quantitative estimate of drug-likeness (QED) is 0.746. The first-order valence-corrected chi connectivity index (χ1v) is 4.24. The normalized spacial score (nSPS) is 10.1. The number of halogens is 1. The Labute approximate surface area is 81.2 Å². The maximum absolute atomic E-state index is 13.4. The van der Waals surface area contributed by atoms with Crippen LogP contribution in [0.1, 0.15) is 0 Å². The number of nitrogen functional groups attached to an aromatic ring is 1. The second-order valence-corrected chi connectivity index (χ2v) is 2.92. The molecule has 1 aromatic heterocycles. The van der Waals surface area contributed by atoms with Gasteiger partial charge < -0.3 is 5.73 Å². The summed E-state index contributed by atoms with van der Waals surface area (Å²) in [6.45, 7) is 0. The fourth-order valence-corrected chi connectivity index (χ4v) is 1.32. The maximum atomic E-state index is 13.4. The molecule has 2 aromatic rings. The van der Waals surface area contributed by atoms with Crippen molar-refractivity contribution in [2.24, 2.45) is 0 Å². The number of nitrogens with zero attached hydrogens (tertiary/aromatic N) is 1. The molecule has 0 aliphatic heterocycles. The monoisotopic (exact) mass is 188 g/mol. The molecule has 2 nitrogen and oxygen atoms in total. The first kappa shape index (κ1) is 8.69. The minimum atomic E-state index is -0.285. The average molecular weight is 188 g/mol. The van der Waals surface area contributed by atoms with Crippen molar-refractivity contribution in [3.63, 3.8) is 0 Å². The van der Waals surface area contributed by atoms with Gasteiger partial charge in [-0.2, -0.15) is 0 Å². The van der Waals surface area contributed by atoms with Crippen LogP contribution in [0.5, 0.6) is 0 Å². The van der Waals surface area contributed by atoms with Crippen LogP contribution in [0.4, 0.5) is 10.2 Å². The molecule has 0 atom stereocenters. The topological polar surface area (TPSA) is 38.9 Å². The lowest BCUT2D eigenvalue weighted by molar-refractivity contribution is 0.631. The first-order chi connectivity index (χ1) is 6.79. The molecule has 0 amide bonds. The highest BCUT2D eigenvalue weighted by Crippen LogP contribution is 2.25. The molecule has 0 fully saturated rings. The predicted molar refractivity (Wildman–Crippen MR) is 54.0 cm³/mol. The standard InChI is InChI=1S/C11H9FN2/c12-10-6-2-1-4-8(10)9-5-3-7-14-11(9)13/h1-7H,(H2,13,14). The summed E-state index contributed by atoms with van der Waals surface area (Å²) in [6, 6.07) is 9.99. The fraction of sp³-hybridized carbons (Fsp3) is 0. The van der Waals surface area contributed by atoms with Gasteiger partial charge in [0.25, 0.3) is 0 Å². The summed E-state index contributed by atoms with van der Waals surface area (Å²) in [5, 5.41) is 0. The second-order valence-electron chi connectivity index (χ2n) is 2.92. The Kier molecular flexibility index (Phi) is 2.14. The molecular weight excluding hydrogens is 179 g/mol. The highest BCUT2D eigenvalue weighted by molar-refractivity contribution is 5.73. The summed E-state index contributed by atoms with van der Waals surface area (Å²) >= 11 is 0. The van der Waals surface area contributed by atoms with Crippen molar-refractivity contribution < 1.29 is 4.39 Å². The van der Waals surface area contributed by atoms with Gasteiger partial charge in [0, 0.05) is 17.3 Å². The van der Waals surface area contributed by atoms with E-state index in [-0.39, 0.29) is 5.82 Å². The average Bonchev–Trinajstić information content (AvgIpc) is 2.20. The summed E-state index contributed by atoms with van der Waals surface area (Å²) in [7, 11) is 0. The zero-order valence-electron chi connectivity index (χ0n) is 7.44. The highest BCUT2D eigenvalue weighted by Gasteiger charge is 2.06. The summed E-state index contributed by atoms with van der Waals surface area (Å²) in [4.78, 5) is 3.91.